The summed E-state index contributed by atoms with van der Waals surface area (Å²) in [6, 6.07) is 19.2. The molecule has 3 aromatic carbocycles. The van der Waals surface area contributed by atoms with E-state index in [1.807, 2.05) is 42.6 Å². The van der Waals surface area contributed by atoms with E-state index in [1.165, 1.54) is 0 Å². The van der Waals surface area contributed by atoms with E-state index in [4.69, 9.17) is 18.9 Å². The largest absolute Gasteiger partial charge is 0.497 e. The van der Waals surface area contributed by atoms with Crippen molar-refractivity contribution in [3.63, 3.8) is 0 Å². The second kappa shape index (κ2) is 10.2. The number of para-hydroxylation sites is 1. The fourth-order valence-electron chi connectivity index (χ4n) is 4.04. The molecule has 34 heavy (non-hydrogen) atoms. The molecule has 0 radical (unpaired) electrons. The van der Waals surface area contributed by atoms with Gasteiger partial charge in [-0.2, -0.15) is 0 Å². The molecule has 7 heteroatoms. The van der Waals surface area contributed by atoms with Crippen molar-refractivity contribution in [1.29, 1.82) is 0 Å². The van der Waals surface area contributed by atoms with E-state index < -0.39 is 0 Å². The molecule has 176 valence electrons. The van der Waals surface area contributed by atoms with Gasteiger partial charge in [-0.1, -0.05) is 18.2 Å². The Bertz CT molecular complexity index is 1290. The minimum Gasteiger partial charge on any atom is -0.497 e. The molecule has 0 saturated carbocycles. The third-order valence-corrected chi connectivity index (χ3v) is 5.65. The standard InChI is InChI=1S/C27H28N2O5/c1-31-21-11-18(12-22(15-21)32-2)16-29-17-19(23-7-5-6-8-24(23)29)13-27(30)28-20-9-10-25(33-3)26(14-20)34-4/h5-12,14-15,17H,13,16H2,1-4H3,(H,28,30). The van der Waals surface area contributed by atoms with Crippen LogP contribution >= 0.6 is 0 Å². The Balaban J connectivity index is 1.58. The number of benzene rings is 3. The van der Waals surface area contributed by atoms with Crippen molar-refractivity contribution in [3.8, 4) is 23.0 Å². The lowest BCUT2D eigenvalue weighted by Crippen LogP contribution is -2.14. The van der Waals surface area contributed by atoms with Crippen LogP contribution < -0.4 is 24.3 Å². The molecule has 0 bridgehead atoms. The van der Waals surface area contributed by atoms with Crippen molar-refractivity contribution >= 4 is 22.5 Å². The van der Waals surface area contributed by atoms with E-state index in [9.17, 15) is 4.79 Å². The summed E-state index contributed by atoms with van der Waals surface area (Å²) in [5.74, 6) is 2.53. The summed E-state index contributed by atoms with van der Waals surface area (Å²) < 4.78 is 23.6. The molecule has 0 saturated heterocycles. The smallest absolute Gasteiger partial charge is 0.228 e. The van der Waals surface area contributed by atoms with E-state index in [0.29, 0.717) is 23.7 Å². The summed E-state index contributed by atoms with van der Waals surface area (Å²) in [6.07, 6.45) is 2.27. The van der Waals surface area contributed by atoms with Gasteiger partial charge < -0.3 is 28.8 Å². The molecule has 0 unspecified atom stereocenters. The number of nitrogens with one attached hydrogen (secondary N) is 1. The van der Waals surface area contributed by atoms with Crippen molar-refractivity contribution < 1.29 is 23.7 Å². The number of fused-ring (bicyclic) bond motifs is 1. The van der Waals surface area contributed by atoms with Crippen LogP contribution in [-0.4, -0.2) is 38.9 Å². The molecular formula is C27H28N2O5. The second-order valence-electron chi connectivity index (χ2n) is 7.82. The lowest BCUT2D eigenvalue weighted by Gasteiger charge is -2.10. The minimum atomic E-state index is -0.113. The first-order valence-electron chi connectivity index (χ1n) is 10.8. The van der Waals surface area contributed by atoms with Gasteiger partial charge in [0.05, 0.1) is 34.9 Å². The highest BCUT2D eigenvalue weighted by atomic mass is 16.5. The average molecular weight is 461 g/mol. The third-order valence-electron chi connectivity index (χ3n) is 5.65. The van der Waals surface area contributed by atoms with Gasteiger partial charge in [-0.25, -0.2) is 0 Å². The van der Waals surface area contributed by atoms with Crippen LogP contribution in [0.5, 0.6) is 23.0 Å². The van der Waals surface area contributed by atoms with Crippen LogP contribution in [0.1, 0.15) is 11.1 Å². The topological polar surface area (TPSA) is 71.0 Å². The van der Waals surface area contributed by atoms with Crippen LogP contribution in [0.25, 0.3) is 10.9 Å². The molecule has 0 atom stereocenters. The first-order valence-corrected chi connectivity index (χ1v) is 10.8. The molecule has 4 rings (SSSR count). The molecule has 7 nitrogen and oxygen atoms in total. The van der Waals surface area contributed by atoms with Gasteiger partial charge in [0.2, 0.25) is 5.91 Å². The molecule has 0 aliphatic rings. The van der Waals surface area contributed by atoms with Crippen LogP contribution in [0.4, 0.5) is 5.69 Å². The molecular weight excluding hydrogens is 432 g/mol. The Kier molecular flexibility index (Phi) is 6.92. The number of anilines is 1. The SMILES string of the molecule is COc1cc(Cn2cc(CC(=O)Nc3ccc(OC)c(OC)c3)c3ccccc32)cc(OC)c1. The lowest BCUT2D eigenvalue weighted by atomic mass is 10.1. The quantitative estimate of drug-likeness (QED) is 0.385. The summed E-state index contributed by atoms with van der Waals surface area (Å²) in [7, 11) is 6.42. The first kappa shape index (κ1) is 23.0. The molecule has 0 aliphatic carbocycles. The Hall–Kier alpha value is -4.13. The van der Waals surface area contributed by atoms with Crippen molar-refractivity contribution in [2.45, 2.75) is 13.0 Å². The van der Waals surface area contributed by atoms with Gasteiger partial charge in [0, 0.05) is 41.5 Å². The third kappa shape index (κ3) is 4.93. The number of aromatic nitrogens is 1. The summed E-state index contributed by atoms with van der Waals surface area (Å²) in [5, 5.41) is 3.99. The van der Waals surface area contributed by atoms with Gasteiger partial charge >= 0.3 is 0 Å². The van der Waals surface area contributed by atoms with Crippen LogP contribution in [0, 0.1) is 0 Å². The number of rotatable bonds is 9. The molecule has 1 N–H and O–H groups in total. The number of methoxy groups -OCH3 is 4. The van der Waals surface area contributed by atoms with Crippen molar-refractivity contribution in [2.24, 2.45) is 0 Å². The highest BCUT2D eigenvalue weighted by Gasteiger charge is 2.14. The molecule has 0 aliphatic heterocycles. The van der Waals surface area contributed by atoms with E-state index in [-0.39, 0.29) is 12.3 Å². The number of hydrogen-bond acceptors (Lipinski definition) is 5. The van der Waals surface area contributed by atoms with E-state index in [1.54, 1.807) is 46.6 Å². The number of carbonyl (C=O) groups excluding carboxylic acids is 1. The molecule has 4 aromatic rings. The Morgan fingerprint density at radius 1 is 0.824 bits per heavy atom. The molecule has 1 heterocycles. The summed E-state index contributed by atoms with van der Waals surface area (Å²) >= 11 is 0. The van der Waals surface area contributed by atoms with Crippen LogP contribution in [0.2, 0.25) is 0 Å². The Morgan fingerprint density at radius 2 is 1.53 bits per heavy atom. The van der Waals surface area contributed by atoms with Gasteiger partial charge in [-0.05, 0) is 41.5 Å². The fraction of sp³-hybridized carbons (Fsp3) is 0.222. The van der Waals surface area contributed by atoms with Crippen molar-refractivity contribution in [2.75, 3.05) is 33.8 Å². The minimum absolute atomic E-state index is 0.113. The Labute approximate surface area is 198 Å². The second-order valence-corrected chi connectivity index (χ2v) is 7.82. The monoisotopic (exact) mass is 460 g/mol. The van der Waals surface area contributed by atoms with E-state index in [2.05, 4.69) is 16.0 Å². The number of hydrogen-bond donors (Lipinski definition) is 1. The van der Waals surface area contributed by atoms with Crippen molar-refractivity contribution in [3.05, 3.63) is 78.0 Å². The molecule has 1 aromatic heterocycles. The van der Waals surface area contributed by atoms with Gasteiger partial charge in [-0.3, -0.25) is 4.79 Å². The van der Waals surface area contributed by atoms with Gasteiger partial charge in [-0.15, -0.1) is 0 Å². The van der Waals surface area contributed by atoms with Gasteiger partial charge in [0.25, 0.3) is 0 Å². The lowest BCUT2D eigenvalue weighted by molar-refractivity contribution is -0.115. The number of amides is 1. The highest BCUT2D eigenvalue weighted by molar-refractivity contribution is 5.96. The predicted molar refractivity (Wildman–Crippen MR) is 132 cm³/mol. The molecule has 0 spiro atoms. The summed E-state index contributed by atoms with van der Waals surface area (Å²) in [6.45, 7) is 0.616. The normalized spacial score (nSPS) is 10.7. The van der Waals surface area contributed by atoms with Gasteiger partial charge in [0.15, 0.2) is 11.5 Å². The zero-order chi connectivity index (χ0) is 24.1. The van der Waals surface area contributed by atoms with Crippen LogP contribution in [0.3, 0.4) is 0 Å². The summed E-state index contributed by atoms with van der Waals surface area (Å²) in [4.78, 5) is 12.9. The highest BCUT2D eigenvalue weighted by Crippen LogP contribution is 2.30. The zero-order valence-corrected chi connectivity index (χ0v) is 19.8. The Morgan fingerprint density at radius 3 is 2.21 bits per heavy atom. The maximum atomic E-state index is 12.9. The molecule has 0 fully saturated rings. The molecule has 1 amide bonds. The number of carbonyl (C=O) groups is 1. The average Bonchev–Trinajstić information content (AvgIpc) is 3.20. The maximum absolute atomic E-state index is 12.9. The maximum Gasteiger partial charge on any atom is 0.228 e. The first-order chi connectivity index (χ1) is 16.5. The number of ether oxygens (including phenoxy) is 4. The van der Waals surface area contributed by atoms with Crippen LogP contribution in [0.15, 0.2) is 66.9 Å². The van der Waals surface area contributed by atoms with Gasteiger partial charge in [0.1, 0.15) is 11.5 Å². The van der Waals surface area contributed by atoms with E-state index >= 15 is 0 Å². The van der Waals surface area contributed by atoms with E-state index in [0.717, 1.165) is 33.5 Å². The van der Waals surface area contributed by atoms with Crippen LogP contribution in [-0.2, 0) is 17.8 Å². The zero-order valence-electron chi connectivity index (χ0n) is 19.8. The summed E-state index contributed by atoms with van der Waals surface area (Å²) in [5.41, 5.74) is 3.69. The number of nitrogens with zero attached hydrogens (tertiary/aromatic N) is 1. The fourth-order valence-corrected chi connectivity index (χ4v) is 4.04. The predicted octanol–water partition coefficient (Wildman–Crippen LogP) is 4.91. The van der Waals surface area contributed by atoms with Crippen molar-refractivity contribution in [1.82, 2.24) is 4.57 Å².